The predicted molar refractivity (Wildman–Crippen MR) is 46.7 cm³/mol. The second-order valence-electron chi connectivity index (χ2n) is 2.92. The topological polar surface area (TPSA) is 46.3 Å². The van der Waals surface area contributed by atoms with Crippen molar-refractivity contribution in [3.05, 3.63) is 0 Å². The molecule has 0 unspecified atom stereocenters. The van der Waals surface area contributed by atoms with Crippen molar-refractivity contribution in [3.63, 3.8) is 0 Å². The van der Waals surface area contributed by atoms with Crippen LogP contribution in [0.2, 0.25) is 0 Å². The van der Waals surface area contributed by atoms with Crippen LogP contribution in [0, 0.1) is 0 Å². The normalized spacial score (nSPS) is 19.8. The average molecular weight is 179 g/mol. The molecule has 0 saturated carbocycles. The van der Waals surface area contributed by atoms with Gasteiger partial charge in [-0.25, -0.2) is 0 Å². The summed E-state index contributed by atoms with van der Waals surface area (Å²) in [4.78, 5) is 12.8. The molecule has 0 aromatic carbocycles. The highest BCUT2D eigenvalue weighted by Crippen LogP contribution is 2.08. The molecule has 0 aromatic rings. The molecule has 0 spiro atoms. The van der Waals surface area contributed by atoms with Gasteiger partial charge < -0.3 is 10.6 Å². The van der Waals surface area contributed by atoms with Gasteiger partial charge in [0.15, 0.2) is 0 Å². The molecule has 66 valence electrons. The van der Waals surface area contributed by atoms with Gasteiger partial charge in [0.1, 0.15) is 0 Å². The Hall–Kier alpha value is -0.280. The molecule has 1 amide bonds. The van der Waals surface area contributed by atoms with Crippen molar-refractivity contribution in [1.82, 2.24) is 4.90 Å². The molecule has 1 aliphatic heterocycles. The van der Waals surface area contributed by atoms with E-state index in [0.717, 1.165) is 19.5 Å². The summed E-state index contributed by atoms with van der Waals surface area (Å²) in [5.74, 6) is 0.261. The van der Waals surface area contributed by atoms with E-state index in [1.165, 1.54) is 0 Å². The van der Waals surface area contributed by atoms with Crippen molar-refractivity contribution < 1.29 is 4.79 Å². The van der Waals surface area contributed by atoms with Crippen molar-refractivity contribution >= 4 is 18.3 Å². The van der Waals surface area contributed by atoms with Crippen molar-refractivity contribution in [1.29, 1.82) is 0 Å². The molecule has 4 heteroatoms. The number of nitrogens with zero attached hydrogens (tertiary/aromatic N) is 1. The lowest BCUT2D eigenvalue weighted by atomic mass is 10.3. The van der Waals surface area contributed by atoms with Crippen LogP contribution in [0.3, 0.4) is 0 Å². The van der Waals surface area contributed by atoms with Crippen LogP contribution in [0.1, 0.15) is 19.8 Å². The standard InChI is InChI=1S/C7H14N2O.ClH/c1-6(8)5-9-4-2-3-7(9)10;/h6H,2-5,8H2,1H3;1H/t6-;/m0./s1. The zero-order chi connectivity index (χ0) is 7.56. The van der Waals surface area contributed by atoms with Gasteiger partial charge >= 0.3 is 0 Å². The van der Waals surface area contributed by atoms with E-state index in [1.807, 2.05) is 11.8 Å². The summed E-state index contributed by atoms with van der Waals surface area (Å²) >= 11 is 0. The molecule has 0 aliphatic carbocycles. The Morgan fingerprint density at radius 2 is 2.36 bits per heavy atom. The summed E-state index contributed by atoms with van der Waals surface area (Å²) in [7, 11) is 0. The fraction of sp³-hybridized carbons (Fsp3) is 0.857. The van der Waals surface area contributed by atoms with Crippen molar-refractivity contribution in [2.75, 3.05) is 13.1 Å². The molecular formula is C7H15ClN2O. The molecule has 1 rings (SSSR count). The van der Waals surface area contributed by atoms with Crippen molar-refractivity contribution in [3.8, 4) is 0 Å². The van der Waals surface area contributed by atoms with Gasteiger partial charge in [0, 0.05) is 25.6 Å². The van der Waals surface area contributed by atoms with Crippen LogP contribution in [0.5, 0.6) is 0 Å². The summed E-state index contributed by atoms with van der Waals surface area (Å²) in [6.07, 6.45) is 1.72. The molecule has 1 atom stereocenters. The van der Waals surface area contributed by atoms with Gasteiger partial charge in [0.25, 0.3) is 0 Å². The van der Waals surface area contributed by atoms with Crippen LogP contribution in [0.4, 0.5) is 0 Å². The first-order chi connectivity index (χ1) is 4.70. The number of nitrogens with two attached hydrogens (primary N) is 1. The van der Waals surface area contributed by atoms with E-state index < -0.39 is 0 Å². The van der Waals surface area contributed by atoms with Crippen LogP contribution in [0.15, 0.2) is 0 Å². The number of halogens is 1. The SMILES string of the molecule is C[C@H](N)CN1CCCC1=O.Cl. The second kappa shape index (κ2) is 4.57. The number of carbonyl (C=O) groups excluding carboxylic acids is 1. The molecule has 0 aromatic heterocycles. The van der Waals surface area contributed by atoms with E-state index in [9.17, 15) is 4.79 Å². The summed E-state index contributed by atoms with van der Waals surface area (Å²) in [6.45, 7) is 3.55. The fourth-order valence-electron chi connectivity index (χ4n) is 1.24. The van der Waals surface area contributed by atoms with Crippen molar-refractivity contribution in [2.45, 2.75) is 25.8 Å². The highest BCUT2D eigenvalue weighted by molar-refractivity contribution is 5.85. The quantitative estimate of drug-likeness (QED) is 0.665. The maximum Gasteiger partial charge on any atom is 0.222 e. The summed E-state index contributed by atoms with van der Waals surface area (Å²) in [6, 6.07) is 0.113. The van der Waals surface area contributed by atoms with Gasteiger partial charge in [-0.2, -0.15) is 0 Å². The third-order valence-corrected chi connectivity index (χ3v) is 1.68. The molecule has 1 fully saturated rings. The van der Waals surface area contributed by atoms with Gasteiger partial charge in [0.2, 0.25) is 5.91 Å². The zero-order valence-corrected chi connectivity index (χ0v) is 7.56. The summed E-state index contributed by atoms with van der Waals surface area (Å²) in [5.41, 5.74) is 5.54. The van der Waals surface area contributed by atoms with Crippen LogP contribution in [-0.4, -0.2) is 29.9 Å². The minimum Gasteiger partial charge on any atom is -0.341 e. The molecule has 0 bridgehead atoms. The third kappa shape index (κ3) is 3.08. The van der Waals surface area contributed by atoms with Gasteiger partial charge in [-0.1, -0.05) is 0 Å². The third-order valence-electron chi connectivity index (χ3n) is 1.68. The van der Waals surface area contributed by atoms with Crippen LogP contribution in [-0.2, 0) is 4.79 Å². The van der Waals surface area contributed by atoms with E-state index in [4.69, 9.17) is 5.73 Å². The Labute approximate surface area is 73.3 Å². The van der Waals surface area contributed by atoms with E-state index in [-0.39, 0.29) is 24.4 Å². The van der Waals surface area contributed by atoms with Crippen LogP contribution < -0.4 is 5.73 Å². The average Bonchev–Trinajstić information content (AvgIpc) is 2.15. The Morgan fingerprint density at radius 3 is 2.73 bits per heavy atom. The maximum atomic E-state index is 11.0. The number of hydrogen-bond acceptors (Lipinski definition) is 2. The smallest absolute Gasteiger partial charge is 0.222 e. The van der Waals surface area contributed by atoms with Gasteiger partial charge in [-0.3, -0.25) is 4.79 Å². The minimum absolute atomic E-state index is 0. The highest BCUT2D eigenvalue weighted by Gasteiger charge is 2.20. The monoisotopic (exact) mass is 178 g/mol. The van der Waals surface area contributed by atoms with E-state index in [2.05, 4.69) is 0 Å². The molecule has 1 saturated heterocycles. The number of amides is 1. The molecule has 1 heterocycles. The number of hydrogen-bond donors (Lipinski definition) is 1. The molecule has 0 radical (unpaired) electrons. The first kappa shape index (κ1) is 10.7. The zero-order valence-electron chi connectivity index (χ0n) is 6.75. The van der Waals surface area contributed by atoms with E-state index in [0.29, 0.717) is 6.42 Å². The Kier molecular flexibility index (Phi) is 4.45. The lowest BCUT2D eigenvalue weighted by Crippen LogP contribution is -2.36. The molecule has 3 nitrogen and oxygen atoms in total. The first-order valence-electron chi connectivity index (χ1n) is 3.73. The Bertz CT molecular complexity index is 138. The van der Waals surface area contributed by atoms with Gasteiger partial charge in [0.05, 0.1) is 0 Å². The second-order valence-corrected chi connectivity index (χ2v) is 2.92. The Balaban J connectivity index is 0.000001000. The minimum atomic E-state index is 0. The summed E-state index contributed by atoms with van der Waals surface area (Å²) < 4.78 is 0. The Morgan fingerprint density at radius 1 is 1.73 bits per heavy atom. The van der Waals surface area contributed by atoms with Crippen LogP contribution in [0.25, 0.3) is 0 Å². The van der Waals surface area contributed by atoms with Crippen molar-refractivity contribution in [2.24, 2.45) is 5.73 Å². The van der Waals surface area contributed by atoms with Gasteiger partial charge in [-0.05, 0) is 13.3 Å². The fourth-order valence-corrected chi connectivity index (χ4v) is 1.24. The number of rotatable bonds is 2. The lowest BCUT2D eigenvalue weighted by Gasteiger charge is -2.17. The molecular weight excluding hydrogens is 164 g/mol. The lowest BCUT2D eigenvalue weighted by molar-refractivity contribution is -0.127. The van der Waals surface area contributed by atoms with Crippen LogP contribution >= 0.6 is 12.4 Å². The highest BCUT2D eigenvalue weighted by atomic mass is 35.5. The van der Waals surface area contributed by atoms with E-state index in [1.54, 1.807) is 0 Å². The predicted octanol–water partition coefficient (Wildman–Crippen LogP) is 0.378. The number of likely N-dealkylation sites (tertiary alicyclic amines) is 1. The van der Waals surface area contributed by atoms with Gasteiger partial charge in [-0.15, -0.1) is 12.4 Å². The molecule has 1 aliphatic rings. The summed E-state index contributed by atoms with van der Waals surface area (Å²) in [5, 5.41) is 0. The maximum absolute atomic E-state index is 11.0. The molecule has 2 N–H and O–H groups in total. The first-order valence-corrected chi connectivity index (χ1v) is 3.73. The van der Waals surface area contributed by atoms with E-state index >= 15 is 0 Å². The molecule has 11 heavy (non-hydrogen) atoms. The largest absolute Gasteiger partial charge is 0.341 e. The number of carbonyl (C=O) groups is 1.